The van der Waals surface area contributed by atoms with Gasteiger partial charge in [0.1, 0.15) is 22.1 Å². The molecule has 0 atom stereocenters. The number of amides is 1. The SMILES string of the molecule is COc1ccc2c(Cl)c(C(=O)NC(=S)Nc3ccc(Oc4ccccc4)cc3)sc2c1. The summed E-state index contributed by atoms with van der Waals surface area (Å²) in [6.45, 7) is 0. The van der Waals surface area contributed by atoms with Gasteiger partial charge in [0.15, 0.2) is 5.11 Å². The van der Waals surface area contributed by atoms with Crippen molar-refractivity contribution in [2.24, 2.45) is 0 Å². The van der Waals surface area contributed by atoms with Gasteiger partial charge >= 0.3 is 0 Å². The zero-order valence-corrected chi connectivity index (χ0v) is 18.7. The fourth-order valence-corrected chi connectivity index (χ4v) is 4.52. The topological polar surface area (TPSA) is 59.6 Å². The molecule has 0 aliphatic carbocycles. The number of hydrogen-bond donors (Lipinski definition) is 2. The third-order valence-electron chi connectivity index (χ3n) is 4.36. The van der Waals surface area contributed by atoms with Gasteiger partial charge in [-0.25, -0.2) is 0 Å². The van der Waals surface area contributed by atoms with Crippen LogP contribution in [0.25, 0.3) is 10.1 Å². The Morgan fingerprint density at radius 2 is 1.65 bits per heavy atom. The molecule has 0 radical (unpaired) electrons. The first kappa shape index (κ1) is 21.1. The Kier molecular flexibility index (Phi) is 6.36. The second-order valence-corrected chi connectivity index (χ2v) is 8.29. The lowest BCUT2D eigenvalue weighted by Crippen LogP contribution is -2.33. The van der Waals surface area contributed by atoms with Crippen molar-refractivity contribution in [2.45, 2.75) is 0 Å². The molecule has 31 heavy (non-hydrogen) atoms. The third kappa shape index (κ3) is 4.96. The van der Waals surface area contributed by atoms with Crippen LogP contribution in [-0.4, -0.2) is 18.1 Å². The van der Waals surface area contributed by atoms with Crippen LogP contribution in [0.2, 0.25) is 5.02 Å². The van der Waals surface area contributed by atoms with E-state index in [1.807, 2.05) is 66.7 Å². The Labute approximate surface area is 193 Å². The number of anilines is 1. The first-order valence-electron chi connectivity index (χ1n) is 9.25. The van der Waals surface area contributed by atoms with E-state index in [4.69, 9.17) is 33.3 Å². The van der Waals surface area contributed by atoms with Gasteiger partial charge in [0.2, 0.25) is 0 Å². The molecule has 0 aliphatic rings. The smallest absolute Gasteiger partial charge is 0.269 e. The number of fused-ring (bicyclic) bond motifs is 1. The van der Waals surface area contributed by atoms with Gasteiger partial charge in [-0.3, -0.25) is 10.1 Å². The van der Waals surface area contributed by atoms with Crippen LogP contribution < -0.4 is 20.1 Å². The number of benzene rings is 3. The zero-order valence-electron chi connectivity index (χ0n) is 16.3. The van der Waals surface area contributed by atoms with E-state index >= 15 is 0 Å². The Hall–Kier alpha value is -3.13. The summed E-state index contributed by atoms with van der Waals surface area (Å²) in [5, 5.41) is 7.03. The maximum Gasteiger partial charge on any atom is 0.269 e. The summed E-state index contributed by atoms with van der Waals surface area (Å²) in [6.07, 6.45) is 0. The summed E-state index contributed by atoms with van der Waals surface area (Å²) < 4.78 is 11.9. The minimum absolute atomic E-state index is 0.174. The molecule has 0 fully saturated rings. The van der Waals surface area contributed by atoms with Crippen LogP contribution in [0, 0.1) is 0 Å². The zero-order chi connectivity index (χ0) is 21.8. The highest BCUT2D eigenvalue weighted by atomic mass is 35.5. The van der Waals surface area contributed by atoms with Gasteiger partial charge in [-0.15, -0.1) is 11.3 Å². The van der Waals surface area contributed by atoms with Crippen LogP contribution in [0.4, 0.5) is 5.69 Å². The lowest BCUT2D eigenvalue weighted by Gasteiger charge is -2.10. The van der Waals surface area contributed by atoms with E-state index < -0.39 is 0 Å². The van der Waals surface area contributed by atoms with Crippen molar-refractivity contribution in [2.75, 3.05) is 12.4 Å². The van der Waals surface area contributed by atoms with Crippen molar-refractivity contribution < 1.29 is 14.3 Å². The van der Waals surface area contributed by atoms with Crippen LogP contribution in [0.15, 0.2) is 72.8 Å². The molecule has 4 aromatic rings. The van der Waals surface area contributed by atoms with Crippen LogP contribution in [0.5, 0.6) is 17.2 Å². The minimum Gasteiger partial charge on any atom is -0.497 e. The highest BCUT2D eigenvalue weighted by Gasteiger charge is 2.18. The summed E-state index contributed by atoms with van der Waals surface area (Å²) in [5.74, 6) is 1.78. The number of thiocarbonyl (C=S) groups is 1. The van der Waals surface area contributed by atoms with Crippen molar-refractivity contribution >= 4 is 61.9 Å². The number of thiophene rings is 1. The molecular formula is C23H17ClN2O3S2. The van der Waals surface area contributed by atoms with Crippen molar-refractivity contribution in [1.29, 1.82) is 0 Å². The molecular weight excluding hydrogens is 452 g/mol. The Balaban J connectivity index is 1.40. The number of ether oxygens (including phenoxy) is 2. The van der Waals surface area contributed by atoms with Gasteiger partial charge in [0.25, 0.3) is 5.91 Å². The van der Waals surface area contributed by atoms with Crippen LogP contribution in [-0.2, 0) is 0 Å². The second kappa shape index (κ2) is 9.34. The predicted molar refractivity (Wildman–Crippen MR) is 130 cm³/mol. The van der Waals surface area contributed by atoms with E-state index in [-0.39, 0.29) is 11.0 Å². The van der Waals surface area contributed by atoms with E-state index in [0.717, 1.165) is 21.5 Å². The number of halogens is 1. The van der Waals surface area contributed by atoms with Gasteiger partial charge < -0.3 is 14.8 Å². The number of para-hydroxylation sites is 1. The molecule has 0 bridgehead atoms. The number of hydrogen-bond acceptors (Lipinski definition) is 5. The summed E-state index contributed by atoms with van der Waals surface area (Å²) in [4.78, 5) is 13.1. The molecule has 1 amide bonds. The lowest BCUT2D eigenvalue weighted by molar-refractivity contribution is 0.0982. The molecule has 1 aromatic heterocycles. The molecule has 8 heteroatoms. The number of nitrogens with one attached hydrogen (secondary N) is 2. The highest BCUT2D eigenvalue weighted by Crippen LogP contribution is 2.37. The largest absolute Gasteiger partial charge is 0.497 e. The average Bonchev–Trinajstić information content (AvgIpc) is 3.11. The number of rotatable bonds is 5. The molecule has 0 saturated carbocycles. The highest BCUT2D eigenvalue weighted by molar-refractivity contribution is 7.80. The van der Waals surface area contributed by atoms with E-state index in [1.165, 1.54) is 11.3 Å². The average molecular weight is 469 g/mol. The normalized spacial score (nSPS) is 10.5. The predicted octanol–water partition coefficient (Wildman–Crippen LogP) is 6.48. The Morgan fingerprint density at radius 1 is 0.968 bits per heavy atom. The quantitative estimate of drug-likeness (QED) is 0.328. The van der Waals surface area contributed by atoms with E-state index in [0.29, 0.717) is 21.4 Å². The number of carbonyl (C=O) groups excluding carboxylic acids is 1. The van der Waals surface area contributed by atoms with Crippen molar-refractivity contribution in [3.8, 4) is 17.2 Å². The van der Waals surface area contributed by atoms with Gasteiger partial charge in [-0.1, -0.05) is 29.8 Å². The summed E-state index contributed by atoms with van der Waals surface area (Å²) in [5.41, 5.74) is 0.720. The van der Waals surface area contributed by atoms with Crippen LogP contribution >= 0.6 is 35.2 Å². The first-order chi connectivity index (χ1) is 15.0. The molecule has 0 aliphatic heterocycles. The van der Waals surface area contributed by atoms with Gasteiger partial charge in [-0.2, -0.15) is 0 Å². The molecule has 0 saturated heterocycles. The van der Waals surface area contributed by atoms with E-state index in [9.17, 15) is 4.79 Å². The molecule has 156 valence electrons. The van der Waals surface area contributed by atoms with Crippen molar-refractivity contribution in [3.63, 3.8) is 0 Å². The maximum absolute atomic E-state index is 12.7. The molecule has 3 aromatic carbocycles. The van der Waals surface area contributed by atoms with E-state index in [2.05, 4.69) is 10.6 Å². The molecule has 1 heterocycles. The van der Waals surface area contributed by atoms with Gasteiger partial charge in [0.05, 0.1) is 12.1 Å². The monoisotopic (exact) mass is 468 g/mol. The summed E-state index contributed by atoms with van der Waals surface area (Å²) >= 11 is 13.0. The summed E-state index contributed by atoms with van der Waals surface area (Å²) in [7, 11) is 1.59. The fraction of sp³-hybridized carbons (Fsp3) is 0.0435. The molecule has 5 nitrogen and oxygen atoms in total. The Morgan fingerprint density at radius 3 is 2.35 bits per heavy atom. The molecule has 2 N–H and O–H groups in total. The van der Waals surface area contributed by atoms with Gasteiger partial charge in [0, 0.05) is 15.8 Å². The Bertz CT molecular complexity index is 1240. The molecule has 0 spiro atoms. The van der Waals surface area contributed by atoms with Gasteiger partial charge in [-0.05, 0) is 66.8 Å². The molecule has 0 unspecified atom stereocenters. The lowest BCUT2D eigenvalue weighted by atomic mass is 10.2. The van der Waals surface area contributed by atoms with E-state index in [1.54, 1.807) is 13.2 Å². The summed E-state index contributed by atoms with van der Waals surface area (Å²) in [6, 6.07) is 22.3. The maximum atomic E-state index is 12.7. The number of carbonyl (C=O) groups is 1. The van der Waals surface area contributed by atoms with Crippen LogP contribution in [0.1, 0.15) is 9.67 Å². The second-order valence-electron chi connectivity index (χ2n) is 6.45. The number of methoxy groups -OCH3 is 1. The molecule has 4 rings (SSSR count). The third-order valence-corrected chi connectivity index (χ3v) is 6.22. The van der Waals surface area contributed by atoms with Crippen molar-refractivity contribution in [1.82, 2.24) is 5.32 Å². The minimum atomic E-state index is -0.369. The fourth-order valence-electron chi connectivity index (χ4n) is 2.87. The van der Waals surface area contributed by atoms with Crippen molar-refractivity contribution in [3.05, 3.63) is 82.7 Å². The van der Waals surface area contributed by atoms with Crippen LogP contribution in [0.3, 0.4) is 0 Å². The first-order valence-corrected chi connectivity index (χ1v) is 10.8. The standard InChI is InChI=1S/C23H17ClN2O3S2/c1-28-17-11-12-18-19(13-17)31-21(20(18)24)22(27)26-23(30)25-14-7-9-16(10-8-14)29-15-5-3-2-4-6-15/h2-13H,1H3,(H2,25,26,27,30).